The van der Waals surface area contributed by atoms with Crippen LogP contribution in [0.15, 0.2) is 36.7 Å². The second-order valence-electron chi connectivity index (χ2n) is 4.81. The number of rotatable bonds is 5. The van der Waals surface area contributed by atoms with E-state index < -0.39 is 5.54 Å². The van der Waals surface area contributed by atoms with Crippen LogP contribution in [0.1, 0.15) is 18.3 Å². The number of hydrogen-bond acceptors (Lipinski definition) is 5. The number of ether oxygens (including phenoxy) is 1. The van der Waals surface area contributed by atoms with Crippen molar-refractivity contribution in [3.8, 4) is 5.75 Å². The average molecular weight is 273 g/mol. The first kappa shape index (κ1) is 14.3. The first-order chi connectivity index (χ1) is 9.60. The molecule has 1 aromatic carbocycles. The van der Waals surface area contributed by atoms with Crippen LogP contribution in [-0.4, -0.2) is 28.8 Å². The Labute approximate surface area is 118 Å². The molecule has 1 heterocycles. The maximum atomic E-state index is 9.82. The minimum absolute atomic E-state index is 0.107. The van der Waals surface area contributed by atoms with E-state index in [2.05, 4.69) is 15.3 Å². The van der Waals surface area contributed by atoms with Crippen molar-refractivity contribution in [3.63, 3.8) is 0 Å². The van der Waals surface area contributed by atoms with Crippen molar-refractivity contribution in [1.29, 1.82) is 0 Å². The summed E-state index contributed by atoms with van der Waals surface area (Å²) in [5, 5.41) is 13.1. The van der Waals surface area contributed by atoms with E-state index in [1.165, 1.54) is 0 Å². The van der Waals surface area contributed by atoms with Crippen LogP contribution in [0.4, 0.5) is 5.69 Å². The number of nitrogens with one attached hydrogen (secondary N) is 1. The number of anilines is 1. The molecule has 0 radical (unpaired) electrons. The number of nitrogens with zero attached hydrogens (tertiary/aromatic N) is 2. The third-order valence-corrected chi connectivity index (χ3v) is 3.24. The highest BCUT2D eigenvalue weighted by Gasteiger charge is 2.30. The summed E-state index contributed by atoms with van der Waals surface area (Å²) in [6.45, 7) is 3.65. The molecule has 0 bridgehead atoms. The van der Waals surface area contributed by atoms with E-state index in [0.29, 0.717) is 11.4 Å². The van der Waals surface area contributed by atoms with Crippen molar-refractivity contribution in [2.24, 2.45) is 0 Å². The van der Waals surface area contributed by atoms with Gasteiger partial charge in [0.15, 0.2) is 0 Å². The summed E-state index contributed by atoms with van der Waals surface area (Å²) in [5.74, 6) is 0.716. The normalized spacial score (nSPS) is 13.6. The van der Waals surface area contributed by atoms with Crippen LogP contribution in [0.5, 0.6) is 5.75 Å². The van der Waals surface area contributed by atoms with Crippen LogP contribution in [0.3, 0.4) is 0 Å². The Kier molecular flexibility index (Phi) is 4.20. The van der Waals surface area contributed by atoms with Crippen molar-refractivity contribution in [1.82, 2.24) is 9.97 Å². The van der Waals surface area contributed by atoms with Crippen molar-refractivity contribution >= 4 is 5.69 Å². The van der Waals surface area contributed by atoms with Crippen LogP contribution >= 0.6 is 0 Å². The SMILES string of the molecule is COc1ccccc1NC(C)(CO)c1nccnc1C. The van der Waals surface area contributed by atoms with Gasteiger partial charge in [-0.05, 0) is 26.0 Å². The molecule has 1 aromatic heterocycles. The van der Waals surface area contributed by atoms with Gasteiger partial charge in [-0.25, -0.2) is 0 Å². The van der Waals surface area contributed by atoms with Gasteiger partial charge in [0.2, 0.25) is 0 Å². The molecule has 1 atom stereocenters. The number of aromatic nitrogens is 2. The second kappa shape index (κ2) is 5.88. The van der Waals surface area contributed by atoms with Crippen LogP contribution in [-0.2, 0) is 5.54 Å². The van der Waals surface area contributed by atoms with Gasteiger partial charge in [0, 0.05) is 12.4 Å². The van der Waals surface area contributed by atoms with Gasteiger partial charge in [-0.1, -0.05) is 12.1 Å². The number of para-hydroxylation sites is 2. The minimum Gasteiger partial charge on any atom is -0.495 e. The van der Waals surface area contributed by atoms with Crippen molar-refractivity contribution < 1.29 is 9.84 Å². The molecule has 2 rings (SSSR count). The minimum atomic E-state index is -0.729. The zero-order valence-electron chi connectivity index (χ0n) is 11.9. The molecule has 0 aliphatic carbocycles. The molecule has 0 spiro atoms. The van der Waals surface area contributed by atoms with E-state index in [1.54, 1.807) is 19.5 Å². The molecule has 0 aliphatic heterocycles. The molecule has 106 valence electrons. The molecular formula is C15H19N3O2. The Morgan fingerprint density at radius 1 is 1.25 bits per heavy atom. The highest BCUT2D eigenvalue weighted by molar-refractivity contribution is 5.58. The fourth-order valence-corrected chi connectivity index (χ4v) is 2.17. The van der Waals surface area contributed by atoms with Gasteiger partial charge in [-0.3, -0.25) is 9.97 Å². The summed E-state index contributed by atoms with van der Waals surface area (Å²) in [7, 11) is 1.62. The van der Waals surface area contributed by atoms with Gasteiger partial charge in [-0.2, -0.15) is 0 Å². The quantitative estimate of drug-likeness (QED) is 0.873. The van der Waals surface area contributed by atoms with Crippen LogP contribution in [0.25, 0.3) is 0 Å². The molecule has 1 unspecified atom stereocenters. The van der Waals surface area contributed by atoms with Crippen LogP contribution < -0.4 is 10.1 Å². The summed E-state index contributed by atoms with van der Waals surface area (Å²) in [6.07, 6.45) is 3.26. The van der Waals surface area contributed by atoms with E-state index in [1.807, 2.05) is 38.1 Å². The predicted octanol–water partition coefficient (Wildman–Crippen LogP) is 2.11. The number of hydrogen-bond donors (Lipinski definition) is 2. The van der Waals surface area contributed by atoms with Crippen molar-refractivity contribution in [3.05, 3.63) is 48.0 Å². The molecule has 0 aliphatic rings. The summed E-state index contributed by atoms with van der Waals surface area (Å²) >= 11 is 0. The topological polar surface area (TPSA) is 67.3 Å². The molecule has 0 saturated carbocycles. The van der Waals surface area contributed by atoms with Gasteiger partial charge in [0.05, 0.1) is 30.8 Å². The monoisotopic (exact) mass is 273 g/mol. The summed E-state index contributed by atoms with van der Waals surface area (Å²) in [5.41, 5.74) is 1.57. The Hall–Kier alpha value is -2.14. The van der Waals surface area contributed by atoms with E-state index >= 15 is 0 Å². The van der Waals surface area contributed by atoms with Crippen LogP contribution in [0.2, 0.25) is 0 Å². The lowest BCUT2D eigenvalue weighted by Crippen LogP contribution is -2.38. The largest absolute Gasteiger partial charge is 0.495 e. The molecule has 5 heteroatoms. The molecule has 2 N–H and O–H groups in total. The lowest BCUT2D eigenvalue weighted by molar-refractivity contribution is 0.219. The van der Waals surface area contributed by atoms with Gasteiger partial charge in [0.25, 0.3) is 0 Å². The Morgan fingerprint density at radius 2 is 1.95 bits per heavy atom. The smallest absolute Gasteiger partial charge is 0.141 e. The third-order valence-electron chi connectivity index (χ3n) is 3.24. The average Bonchev–Trinajstić information content (AvgIpc) is 2.48. The first-order valence-corrected chi connectivity index (χ1v) is 6.41. The zero-order chi connectivity index (χ0) is 14.6. The highest BCUT2D eigenvalue weighted by atomic mass is 16.5. The number of methoxy groups -OCH3 is 1. The first-order valence-electron chi connectivity index (χ1n) is 6.41. The summed E-state index contributed by atoms with van der Waals surface area (Å²) in [4.78, 5) is 8.58. The lowest BCUT2D eigenvalue weighted by atomic mass is 9.96. The summed E-state index contributed by atoms with van der Waals surface area (Å²) in [6, 6.07) is 7.57. The summed E-state index contributed by atoms with van der Waals surface area (Å²) < 4.78 is 5.32. The second-order valence-corrected chi connectivity index (χ2v) is 4.81. The van der Waals surface area contributed by atoms with E-state index in [-0.39, 0.29) is 6.61 Å². The molecule has 0 fully saturated rings. The van der Waals surface area contributed by atoms with E-state index in [0.717, 1.165) is 11.4 Å². The fraction of sp³-hybridized carbons (Fsp3) is 0.333. The number of aliphatic hydroxyl groups excluding tert-OH is 1. The van der Waals surface area contributed by atoms with Gasteiger partial charge >= 0.3 is 0 Å². The van der Waals surface area contributed by atoms with Gasteiger partial charge < -0.3 is 15.2 Å². The molecule has 5 nitrogen and oxygen atoms in total. The maximum Gasteiger partial charge on any atom is 0.141 e. The predicted molar refractivity (Wildman–Crippen MR) is 77.8 cm³/mol. The Bertz CT molecular complexity index is 589. The van der Waals surface area contributed by atoms with Gasteiger partial charge in [-0.15, -0.1) is 0 Å². The Balaban J connectivity index is 2.40. The molecule has 0 saturated heterocycles. The van der Waals surface area contributed by atoms with E-state index in [4.69, 9.17) is 4.74 Å². The maximum absolute atomic E-state index is 9.82. The number of aliphatic hydroxyl groups is 1. The van der Waals surface area contributed by atoms with E-state index in [9.17, 15) is 5.11 Å². The standard InChI is InChI=1S/C15H19N3O2/c1-11-14(17-9-8-16-11)15(2,10-19)18-12-6-4-5-7-13(12)20-3/h4-9,18-19H,10H2,1-3H3. The zero-order valence-corrected chi connectivity index (χ0v) is 11.9. The molecule has 0 amide bonds. The highest BCUT2D eigenvalue weighted by Crippen LogP contribution is 2.31. The molecule has 2 aromatic rings. The molecular weight excluding hydrogens is 254 g/mol. The van der Waals surface area contributed by atoms with Gasteiger partial charge in [0.1, 0.15) is 11.3 Å². The lowest BCUT2D eigenvalue weighted by Gasteiger charge is -2.30. The number of benzene rings is 1. The molecule has 20 heavy (non-hydrogen) atoms. The van der Waals surface area contributed by atoms with Crippen molar-refractivity contribution in [2.45, 2.75) is 19.4 Å². The number of aryl methyl sites for hydroxylation is 1. The Morgan fingerprint density at radius 3 is 2.60 bits per heavy atom. The third kappa shape index (κ3) is 2.72. The van der Waals surface area contributed by atoms with Crippen LogP contribution in [0, 0.1) is 6.92 Å². The fourth-order valence-electron chi connectivity index (χ4n) is 2.17. The van der Waals surface area contributed by atoms with Crippen molar-refractivity contribution in [2.75, 3.05) is 19.0 Å².